The molecule has 0 aromatic rings. The van der Waals surface area contributed by atoms with Gasteiger partial charge in [-0.15, -0.1) is 0 Å². The van der Waals surface area contributed by atoms with Gasteiger partial charge < -0.3 is 0 Å². The lowest BCUT2D eigenvalue weighted by molar-refractivity contribution is -0.113. The first kappa shape index (κ1) is 14.6. The van der Waals surface area contributed by atoms with E-state index in [0.29, 0.717) is 35.0 Å². The van der Waals surface area contributed by atoms with Gasteiger partial charge in [0, 0.05) is 5.57 Å². The number of carbonyl (C=O) groups excluding carboxylic acids is 1. The second-order valence-electron chi connectivity index (χ2n) is 7.52. The fraction of sp³-hybridized carbons (Fsp3) is 0.722. The van der Waals surface area contributed by atoms with Crippen LogP contribution in [0, 0.1) is 35.0 Å². The van der Waals surface area contributed by atoms with Gasteiger partial charge in [0.15, 0.2) is 5.78 Å². The van der Waals surface area contributed by atoms with E-state index in [9.17, 15) is 4.79 Å². The van der Waals surface area contributed by atoms with E-state index in [1.807, 2.05) is 0 Å². The van der Waals surface area contributed by atoms with Crippen LogP contribution in [0.5, 0.6) is 0 Å². The summed E-state index contributed by atoms with van der Waals surface area (Å²) in [6.45, 7) is 15.6. The molecule has 2 aliphatic rings. The van der Waals surface area contributed by atoms with Crippen LogP contribution in [0.3, 0.4) is 0 Å². The van der Waals surface area contributed by atoms with Crippen molar-refractivity contribution in [2.45, 2.75) is 48.5 Å². The molecule has 0 aliphatic heterocycles. The van der Waals surface area contributed by atoms with Crippen LogP contribution in [-0.2, 0) is 4.79 Å². The van der Waals surface area contributed by atoms with Gasteiger partial charge in [0.25, 0.3) is 0 Å². The minimum Gasteiger partial charge on any atom is -0.295 e. The molecule has 0 aromatic carbocycles. The number of allylic oxidation sites excluding steroid dienone is 4. The maximum absolute atomic E-state index is 11.8. The molecular formula is C18H28O. The van der Waals surface area contributed by atoms with Crippen LogP contribution in [-0.4, -0.2) is 5.78 Å². The molecule has 0 aromatic heterocycles. The molecule has 4 atom stereocenters. The third kappa shape index (κ3) is 2.11. The number of fused-ring (bicyclic) bond motifs is 1. The topological polar surface area (TPSA) is 17.1 Å². The fourth-order valence-electron chi connectivity index (χ4n) is 4.51. The van der Waals surface area contributed by atoms with Gasteiger partial charge in [0.05, 0.1) is 0 Å². The Morgan fingerprint density at radius 1 is 1.26 bits per heavy atom. The number of hydrogen-bond donors (Lipinski definition) is 0. The first-order valence-electron chi connectivity index (χ1n) is 7.59. The predicted molar refractivity (Wildman–Crippen MR) is 80.8 cm³/mol. The smallest absolute Gasteiger partial charge is 0.159 e. The summed E-state index contributed by atoms with van der Waals surface area (Å²) in [5.74, 6) is 3.37. The standard InChI is InChI=1S/C18H28O/c1-10(2)17-12(4)18(6,7)16-8-11(3)14(13(5)19)9-15(16)17/h8-10,12,15-17H,1-7H3/t12-,15+,16-,17-/m1/s1. The Labute approximate surface area is 118 Å². The third-order valence-electron chi connectivity index (χ3n) is 5.83. The SMILES string of the molecule is CC(=O)C1=C[C@@H]2[C@H](C(C)C)[C@@H](C)C(C)(C)[C@@H]2C=C1C. The highest BCUT2D eigenvalue weighted by Gasteiger charge is 2.53. The largest absolute Gasteiger partial charge is 0.295 e. The number of hydrogen-bond acceptors (Lipinski definition) is 1. The molecule has 0 N–H and O–H groups in total. The van der Waals surface area contributed by atoms with Crippen molar-refractivity contribution >= 4 is 5.78 Å². The number of ketones is 1. The van der Waals surface area contributed by atoms with Crippen molar-refractivity contribution in [2.24, 2.45) is 35.0 Å². The van der Waals surface area contributed by atoms with Crippen molar-refractivity contribution in [3.8, 4) is 0 Å². The van der Waals surface area contributed by atoms with E-state index < -0.39 is 0 Å². The van der Waals surface area contributed by atoms with Crippen molar-refractivity contribution < 1.29 is 4.79 Å². The van der Waals surface area contributed by atoms with Gasteiger partial charge in [-0.1, -0.05) is 46.8 Å². The van der Waals surface area contributed by atoms with Gasteiger partial charge >= 0.3 is 0 Å². The Bertz CT molecular complexity index is 450. The molecule has 1 fully saturated rings. The average Bonchev–Trinajstić information content (AvgIpc) is 2.47. The highest BCUT2D eigenvalue weighted by molar-refractivity contribution is 5.97. The Balaban J connectivity index is 2.49. The Morgan fingerprint density at radius 3 is 2.32 bits per heavy atom. The summed E-state index contributed by atoms with van der Waals surface area (Å²) < 4.78 is 0. The van der Waals surface area contributed by atoms with Crippen molar-refractivity contribution in [1.29, 1.82) is 0 Å². The van der Waals surface area contributed by atoms with Crippen LogP contribution < -0.4 is 0 Å². The average molecular weight is 260 g/mol. The molecule has 1 heteroatoms. The molecule has 0 spiro atoms. The predicted octanol–water partition coefficient (Wildman–Crippen LogP) is 4.64. The summed E-state index contributed by atoms with van der Waals surface area (Å²) in [5, 5.41) is 0. The summed E-state index contributed by atoms with van der Waals surface area (Å²) in [6, 6.07) is 0. The van der Waals surface area contributed by atoms with Gasteiger partial charge in [-0.05, 0) is 54.4 Å². The van der Waals surface area contributed by atoms with Crippen molar-refractivity contribution in [3.63, 3.8) is 0 Å². The second-order valence-corrected chi connectivity index (χ2v) is 7.52. The van der Waals surface area contributed by atoms with Gasteiger partial charge in [-0.3, -0.25) is 4.79 Å². The Kier molecular flexibility index (Phi) is 3.53. The summed E-state index contributed by atoms with van der Waals surface area (Å²) in [5.41, 5.74) is 2.45. The monoisotopic (exact) mass is 260 g/mol. The van der Waals surface area contributed by atoms with Crippen LogP contribution in [0.1, 0.15) is 48.5 Å². The first-order chi connectivity index (χ1) is 8.67. The van der Waals surface area contributed by atoms with Crippen molar-refractivity contribution in [3.05, 3.63) is 23.3 Å². The van der Waals surface area contributed by atoms with E-state index >= 15 is 0 Å². The molecule has 0 radical (unpaired) electrons. The van der Waals surface area contributed by atoms with Gasteiger partial charge in [0.1, 0.15) is 0 Å². The van der Waals surface area contributed by atoms with Crippen molar-refractivity contribution in [1.82, 2.24) is 0 Å². The third-order valence-corrected chi connectivity index (χ3v) is 5.83. The zero-order valence-corrected chi connectivity index (χ0v) is 13.4. The summed E-state index contributed by atoms with van der Waals surface area (Å²) in [6.07, 6.45) is 4.67. The second kappa shape index (κ2) is 4.61. The molecule has 106 valence electrons. The molecule has 1 nitrogen and oxygen atoms in total. The lowest BCUT2D eigenvalue weighted by Crippen LogP contribution is -2.26. The summed E-state index contributed by atoms with van der Waals surface area (Å²) >= 11 is 0. The highest BCUT2D eigenvalue weighted by Crippen LogP contribution is 2.59. The summed E-state index contributed by atoms with van der Waals surface area (Å²) in [4.78, 5) is 11.8. The fourth-order valence-corrected chi connectivity index (χ4v) is 4.51. The number of carbonyl (C=O) groups is 1. The maximum Gasteiger partial charge on any atom is 0.159 e. The van der Waals surface area contributed by atoms with Crippen LogP contribution >= 0.6 is 0 Å². The van der Waals surface area contributed by atoms with Gasteiger partial charge in [-0.2, -0.15) is 0 Å². The zero-order chi connectivity index (χ0) is 14.5. The molecular weight excluding hydrogens is 232 g/mol. The number of Topliss-reactive ketones (excluding diaryl/α,β-unsaturated/α-hetero) is 1. The quantitative estimate of drug-likeness (QED) is 0.706. The van der Waals surface area contributed by atoms with E-state index in [2.05, 4.69) is 53.7 Å². The molecule has 0 heterocycles. The minimum absolute atomic E-state index is 0.215. The first-order valence-corrected chi connectivity index (χ1v) is 7.59. The highest BCUT2D eigenvalue weighted by atomic mass is 16.1. The Morgan fingerprint density at radius 2 is 1.84 bits per heavy atom. The van der Waals surface area contributed by atoms with Crippen LogP contribution in [0.25, 0.3) is 0 Å². The molecule has 0 saturated heterocycles. The van der Waals surface area contributed by atoms with Crippen LogP contribution in [0.4, 0.5) is 0 Å². The van der Waals surface area contributed by atoms with E-state index in [0.717, 1.165) is 5.57 Å². The Hall–Kier alpha value is -0.850. The maximum atomic E-state index is 11.8. The molecule has 0 bridgehead atoms. The molecule has 1 saturated carbocycles. The molecule has 0 unspecified atom stereocenters. The molecule has 19 heavy (non-hydrogen) atoms. The van der Waals surface area contributed by atoms with E-state index in [4.69, 9.17) is 0 Å². The lowest BCUT2D eigenvalue weighted by atomic mass is 9.71. The lowest BCUT2D eigenvalue weighted by Gasteiger charge is -2.33. The molecule has 2 aliphatic carbocycles. The molecule has 0 amide bonds. The van der Waals surface area contributed by atoms with Gasteiger partial charge in [0.2, 0.25) is 0 Å². The minimum atomic E-state index is 0.215. The molecule has 2 rings (SSSR count). The van der Waals surface area contributed by atoms with E-state index in [-0.39, 0.29) is 5.78 Å². The van der Waals surface area contributed by atoms with Gasteiger partial charge in [-0.25, -0.2) is 0 Å². The van der Waals surface area contributed by atoms with E-state index in [1.165, 1.54) is 5.57 Å². The van der Waals surface area contributed by atoms with Crippen molar-refractivity contribution in [2.75, 3.05) is 0 Å². The zero-order valence-electron chi connectivity index (χ0n) is 13.4. The summed E-state index contributed by atoms with van der Waals surface area (Å²) in [7, 11) is 0. The normalized spacial score (nSPS) is 36.8. The number of rotatable bonds is 2. The van der Waals surface area contributed by atoms with Crippen LogP contribution in [0.2, 0.25) is 0 Å². The van der Waals surface area contributed by atoms with Crippen LogP contribution in [0.15, 0.2) is 23.3 Å². The van der Waals surface area contributed by atoms with E-state index in [1.54, 1.807) is 6.92 Å².